The summed E-state index contributed by atoms with van der Waals surface area (Å²) in [4.78, 5) is 43.5. The standard InChI is InChI=1S/C44H25N5.2C43H26N4/c45-24-27-11-18-38(47-25-27)40-23-32(31-7-4-8-33(21-31)49-41-10-2-1-9-35(41)37-26-46-20-19-42(37)49)22-39(48-40)34-16-14-30-13-12-28-5-3-6-29-15-17-36(34)44(30)43(28)29;1-2-15-40-34(12-1)36-13-7-23-45-43(36)47(40)32-11-6-10-30(24-32)31-25-38(46-39(26-31)37-14-3-4-22-44-37)33-20-18-29-17-16-27-8-5-9-28-19-21-35(33)42(29)41(27)28;1-2-13-40-34(11-1)35-20-22-44-26-41(35)47(40)32-10-6-9-30(23-32)31-24-38(46-39(25-31)37-12-3-4-21-45-37)33-18-16-29-15-14-27-7-5-8-28-17-19-36(33)43(29)42(27)28/h1-23,25-26H;2*1-26H. The first-order valence-corrected chi connectivity index (χ1v) is 47.9. The van der Waals surface area contributed by atoms with Gasteiger partial charge in [0.2, 0.25) is 0 Å². The number of nitriles is 1. The van der Waals surface area contributed by atoms with Crippen LogP contribution in [0.2, 0.25) is 0 Å². The molecule has 0 aliphatic heterocycles. The summed E-state index contributed by atoms with van der Waals surface area (Å²) in [6, 6.07) is 151. The van der Waals surface area contributed by atoms with Crippen LogP contribution in [0.1, 0.15) is 5.56 Å². The van der Waals surface area contributed by atoms with Gasteiger partial charge in [0, 0.05) is 109 Å². The number of nitrogens with zero attached hydrogens (tertiary/aromatic N) is 13. The van der Waals surface area contributed by atoms with E-state index in [0.717, 1.165) is 162 Å². The molecule has 12 aromatic heterocycles. The number of aromatic nitrogens is 12. The molecule has 0 unspecified atom stereocenters. The van der Waals surface area contributed by atoms with Crippen molar-refractivity contribution in [1.29, 1.82) is 5.26 Å². The second-order valence-corrected chi connectivity index (χ2v) is 36.6. The highest BCUT2D eigenvalue weighted by molar-refractivity contribution is 6.29. The van der Waals surface area contributed by atoms with Gasteiger partial charge >= 0.3 is 0 Å². The van der Waals surface area contributed by atoms with Crippen LogP contribution in [0.4, 0.5) is 0 Å². The van der Waals surface area contributed by atoms with E-state index in [1.165, 1.54) is 113 Å². The molecule has 0 amide bonds. The van der Waals surface area contributed by atoms with E-state index in [1.807, 2.05) is 91.9 Å². The van der Waals surface area contributed by atoms with E-state index in [-0.39, 0.29) is 0 Å². The number of hydrogen-bond acceptors (Lipinski definition) is 10. The lowest BCUT2D eigenvalue weighted by Gasteiger charge is -2.16. The summed E-state index contributed by atoms with van der Waals surface area (Å²) in [6.07, 6.45) is 14.8. The number of hydrogen-bond donors (Lipinski definition) is 0. The maximum Gasteiger partial charge on any atom is 0.145 e. The van der Waals surface area contributed by atoms with Crippen LogP contribution in [0.5, 0.6) is 0 Å². The summed E-state index contributed by atoms with van der Waals surface area (Å²) in [7, 11) is 0. The van der Waals surface area contributed by atoms with Crippen LogP contribution in [0.3, 0.4) is 0 Å². The van der Waals surface area contributed by atoms with E-state index in [9.17, 15) is 5.26 Å². The summed E-state index contributed by atoms with van der Waals surface area (Å²) in [5.74, 6) is 0. The van der Waals surface area contributed by atoms with Crippen LogP contribution in [0.25, 0.3) is 281 Å². The van der Waals surface area contributed by atoms with Crippen molar-refractivity contribution in [1.82, 2.24) is 58.6 Å². The van der Waals surface area contributed by atoms with Crippen LogP contribution in [0, 0.1) is 11.3 Å². The van der Waals surface area contributed by atoms with Gasteiger partial charge in [0.1, 0.15) is 11.7 Å². The summed E-state index contributed by atoms with van der Waals surface area (Å²) >= 11 is 0. The van der Waals surface area contributed by atoms with E-state index in [4.69, 9.17) is 29.9 Å². The van der Waals surface area contributed by atoms with E-state index in [0.29, 0.717) is 11.3 Å². The molecule has 0 spiro atoms. The minimum absolute atomic E-state index is 0.515. The summed E-state index contributed by atoms with van der Waals surface area (Å²) in [6.45, 7) is 0. The van der Waals surface area contributed by atoms with Gasteiger partial charge in [-0.05, 0) is 282 Å². The SMILES string of the molecule is N#Cc1ccc(-c2cc(-c3cccc(-n4c5ccccc5c5cnccc54)c3)cc(-c3ccc4ccc5cccc6ccc3c4c56)n2)nc1.c1ccc(-c2cc(-c3cccc(-n4c5ccccc5c5cccnc54)c3)cc(-c3ccc4ccc5cccc6ccc3c4c56)n2)nc1.c1ccc(-c2cc(-c3cccc(-n4c5ccccc5c5ccncc54)c3)cc(-c3ccc4ccc5cccc6ccc3c4c56)n2)nc1. The molecule has 0 aliphatic rings. The number of para-hydroxylation sites is 3. The van der Waals surface area contributed by atoms with Crippen LogP contribution in [0.15, 0.2) is 468 Å². The predicted octanol–water partition coefficient (Wildman–Crippen LogP) is 32.5. The molecule has 0 atom stereocenters. The Bertz CT molecular complexity index is 9820. The molecule has 18 aromatic carbocycles. The second-order valence-electron chi connectivity index (χ2n) is 36.6. The van der Waals surface area contributed by atoms with Gasteiger partial charge in [0.05, 0.1) is 90.6 Å². The molecule has 0 bridgehead atoms. The number of fused-ring (bicyclic) bond motifs is 9. The van der Waals surface area contributed by atoms with Crippen molar-refractivity contribution < 1.29 is 0 Å². The monoisotopic (exact) mass is 1820 g/mol. The van der Waals surface area contributed by atoms with E-state index in [1.54, 1.807) is 12.3 Å². The minimum atomic E-state index is 0.515. The molecular weight excluding hydrogens is 1740 g/mol. The molecule has 0 N–H and O–H groups in total. The van der Waals surface area contributed by atoms with E-state index < -0.39 is 0 Å². The fourth-order valence-corrected chi connectivity index (χ4v) is 22.1. The summed E-state index contributed by atoms with van der Waals surface area (Å²) in [5, 5.41) is 38.9. The molecule has 0 fully saturated rings. The minimum Gasteiger partial charge on any atom is -0.309 e. The van der Waals surface area contributed by atoms with Gasteiger partial charge in [-0.15, -0.1) is 0 Å². The van der Waals surface area contributed by atoms with Crippen molar-refractivity contribution in [2.75, 3.05) is 0 Å². The van der Waals surface area contributed by atoms with Crippen LogP contribution < -0.4 is 0 Å². The molecule has 13 nitrogen and oxygen atoms in total. The molecule has 12 heterocycles. The zero-order valence-corrected chi connectivity index (χ0v) is 76.8. The third-order valence-electron chi connectivity index (χ3n) is 28.6. The van der Waals surface area contributed by atoms with E-state index in [2.05, 4.69) is 399 Å². The lowest BCUT2D eigenvalue weighted by molar-refractivity contribution is 1.14. The molecule has 143 heavy (non-hydrogen) atoms. The molecule has 13 heteroatoms. The van der Waals surface area contributed by atoms with Crippen LogP contribution >= 0.6 is 0 Å². The Morgan fingerprint density at radius 2 is 0.538 bits per heavy atom. The van der Waals surface area contributed by atoms with Crippen molar-refractivity contribution in [3.63, 3.8) is 0 Å². The van der Waals surface area contributed by atoms with Crippen LogP contribution in [-0.4, -0.2) is 58.6 Å². The lowest BCUT2D eigenvalue weighted by atomic mass is 9.90. The average Bonchev–Trinajstić information content (AvgIpc) is 1.74. The van der Waals surface area contributed by atoms with Gasteiger partial charge in [0.15, 0.2) is 0 Å². The first kappa shape index (κ1) is 81.7. The Morgan fingerprint density at radius 1 is 0.189 bits per heavy atom. The average molecular weight is 1820 g/mol. The van der Waals surface area contributed by atoms with E-state index >= 15 is 0 Å². The molecular formula is C130H77N13. The molecule has 0 saturated carbocycles. The van der Waals surface area contributed by atoms with Crippen LogP contribution in [-0.2, 0) is 0 Å². The van der Waals surface area contributed by atoms with Crippen molar-refractivity contribution in [3.8, 4) is 124 Å². The Kier molecular flexibility index (Phi) is 19.0. The smallest absolute Gasteiger partial charge is 0.145 e. The third-order valence-corrected chi connectivity index (χ3v) is 28.6. The highest BCUT2D eigenvalue weighted by Gasteiger charge is 2.25. The largest absolute Gasteiger partial charge is 0.309 e. The number of pyridine rings is 9. The predicted molar refractivity (Wildman–Crippen MR) is 587 cm³/mol. The Hall–Kier alpha value is -19.7. The first-order valence-electron chi connectivity index (χ1n) is 47.9. The maximum atomic E-state index is 9.43. The summed E-state index contributed by atoms with van der Waals surface area (Å²) < 4.78 is 6.88. The summed E-state index contributed by atoms with van der Waals surface area (Å²) in [5.41, 5.74) is 27.6. The quantitative estimate of drug-likeness (QED) is 0.108. The van der Waals surface area contributed by atoms with Gasteiger partial charge < -0.3 is 9.13 Å². The Labute approximate surface area is 818 Å². The highest BCUT2D eigenvalue weighted by atomic mass is 15.0. The molecule has 0 saturated heterocycles. The molecule has 30 aromatic rings. The fraction of sp³-hybridized carbons (Fsp3) is 0. The highest BCUT2D eigenvalue weighted by Crippen LogP contribution is 2.48. The topological polar surface area (TPSA) is 155 Å². The first-order chi connectivity index (χ1) is 70.8. The van der Waals surface area contributed by atoms with Crippen molar-refractivity contribution in [2.24, 2.45) is 0 Å². The lowest BCUT2D eigenvalue weighted by Crippen LogP contribution is -1.97. The number of benzene rings is 18. The maximum absolute atomic E-state index is 9.43. The Balaban J connectivity index is 0.000000105. The fourth-order valence-electron chi connectivity index (χ4n) is 22.1. The zero-order chi connectivity index (χ0) is 94.3. The molecule has 0 radical (unpaired) electrons. The van der Waals surface area contributed by atoms with Gasteiger partial charge in [0.25, 0.3) is 0 Å². The molecule has 662 valence electrons. The molecule has 30 rings (SSSR count). The van der Waals surface area contributed by atoms with Crippen molar-refractivity contribution >= 4 is 163 Å². The van der Waals surface area contributed by atoms with Gasteiger partial charge in [-0.1, -0.05) is 267 Å². The zero-order valence-electron chi connectivity index (χ0n) is 76.8. The van der Waals surface area contributed by atoms with Crippen molar-refractivity contribution in [2.45, 2.75) is 0 Å². The van der Waals surface area contributed by atoms with Gasteiger partial charge in [-0.3, -0.25) is 29.5 Å². The second kappa shape index (κ2) is 33.4. The molecule has 0 aliphatic carbocycles. The van der Waals surface area contributed by atoms with Crippen molar-refractivity contribution in [3.05, 3.63) is 474 Å². The van der Waals surface area contributed by atoms with Gasteiger partial charge in [-0.25, -0.2) is 19.9 Å². The Morgan fingerprint density at radius 3 is 0.986 bits per heavy atom. The normalized spacial score (nSPS) is 11.8. The van der Waals surface area contributed by atoms with Gasteiger partial charge in [-0.2, -0.15) is 5.26 Å². The third kappa shape index (κ3) is 13.7. The number of rotatable bonds is 12.